The van der Waals surface area contributed by atoms with Crippen molar-refractivity contribution in [3.05, 3.63) is 17.5 Å². The Morgan fingerprint density at radius 1 is 1.53 bits per heavy atom. The van der Waals surface area contributed by atoms with Gasteiger partial charge in [-0.2, -0.15) is 5.10 Å². The van der Waals surface area contributed by atoms with Gasteiger partial charge in [-0.05, 0) is 25.8 Å². The lowest BCUT2D eigenvalue weighted by molar-refractivity contribution is -0.143. The van der Waals surface area contributed by atoms with Gasteiger partial charge in [-0.25, -0.2) is 0 Å². The van der Waals surface area contributed by atoms with Crippen LogP contribution in [0.3, 0.4) is 0 Å². The Labute approximate surface area is 90.2 Å². The van der Waals surface area contributed by atoms with E-state index in [1.807, 2.05) is 24.7 Å². The van der Waals surface area contributed by atoms with E-state index in [1.165, 1.54) is 0 Å². The molecule has 4 heteroatoms. The Kier molecular flexibility index (Phi) is 4.34. The number of hydrogen-bond donors (Lipinski definition) is 0. The number of hydrogen-bond acceptors (Lipinski definition) is 3. The third-order valence-electron chi connectivity index (χ3n) is 2.28. The minimum Gasteiger partial charge on any atom is -0.466 e. The van der Waals surface area contributed by atoms with E-state index in [-0.39, 0.29) is 5.97 Å². The van der Waals surface area contributed by atoms with Gasteiger partial charge < -0.3 is 4.74 Å². The summed E-state index contributed by atoms with van der Waals surface area (Å²) >= 11 is 0. The highest BCUT2D eigenvalue weighted by Gasteiger charge is 2.07. The van der Waals surface area contributed by atoms with Gasteiger partial charge in [0.25, 0.3) is 0 Å². The quantitative estimate of drug-likeness (QED) is 0.691. The van der Waals surface area contributed by atoms with Crippen LogP contribution in [-0.4, -0.2) is 22.4 Å². The molecule has 0 saturated heterocycles. The first kappa shape index (κ1) is 11.8. The average molecular weight is 210 g/mol. The molecule has 1 aromatic heterocycles. The molecule has 0 atom stereocenters. The number of aromatic nitrogens is 2. The molecule has 4 nitrogen and oxygen atoms in total. The SMILES string of the molecule is CCOC(=O)CCc1cc(CC)nn1C. The molecule has 0 fully saturated rings. The van der Waals surface area contributed by atoms with Crippen molar-refractivity contribution in [3.8, 4) is 0 Å². The van der Waals surface area contributed by atoms with E-state index in [1.54, 1.807) is 0 Å². The normalized spacial score (nSPS) is 10.3. The molecule has 0 bridgehead atoms. The van der Waals surface area contributed by atoms with Crippen LogP contribution >= 0.6 is 0 Å². The van der Waals surface area contributed by atoms with Crippen molar-refractivity contribution >= 4 is 5.97 Å². The van der Waals surface area contributed by atoms with Gasteiger partial charge in [0, 0.05) is 12.7 Å². The van der Waals surface area contributed by atoms with Crippen molar-refractivity contribution in [2.75, 3.05) is 6.61 Å². The van der Waals surface area contributed by atoms with Crippen LogP contribution in [0.5, 0.6) is 0 Å². The van der Waals surface area contributed by atoms with Crippen LogP contribution in [0.1, 0.15) is 31.7 Å². The zero-order valence-electron chi connectivity index (χ0n) is 9.62. The maximum Gasteiger partial charge on any atom is 0.306 e. The third kappa shape index (κ3) is 3.38. The van der Waals surface area contributed by atoms with E-state index in [4.69, 9.17) is 4.74 Å². The average Bonchev–Trinajstić information content (AvgIpc) is 2.57. The summed E-state index contributed by atoms with van der Waals surface area (Å²) in [5, 5.41) is 4.32. The monoisotopic (exact) mass is 210 g/mol. The Morgan fingerprint density at radius 2 is 2.27 bits per heavy atom. The fourth-order valence-electron chi connectivity index (χ4n) is 1.44. The van der Waals surface area contributed by atoms with Crippen LogP contribution in [-0.2, 0) is 29.4 Å². The minimum atomic E-state index is -0.142. The van der Waals surface area contributed by atoms with Crippen LogP contribution in [0, 0.1) is 0 Å². The molecule has 0 aliphatic rings. The summed E-state index contributed by atoms with van der Waals surface area (Å²) in [6.07, 6.45) is 2.05. The molecule has 1 rings (SSSR count). The Bertz CT molecular complexity index is 331. The number of carbonyl (C=O) groups excluding carboxylic acids is 1. The summed E-state index contributed by atoms with van der Waals surface area (Å²) in [5.74, 6) is -0.142. The van der Waals surface area contributed by atoms with Crippen molar-refractivity contribution in [3.63, 3.8) is 0 Å². The summed E-state index contributed by atoms with van der Waals surface area (Å²) < 4.78 is 6.70. The molecule has 84 valence electrons. The molecular weight excluding hydrogens is 192 g/mol. The van der Waals surface area contributed by atoms with Crippen molar-refractivity contribution in [2.45, 2.75) is 33.1 Å². The second-order valence-corrected chi connectivity index (χ2v) is 3.41. The fourth-order valence-corrected chi connectivity index (χ4v) is 1.44. The zero-order valence-corrected chi connectivity index (χ0v) is 9.62. The van der Waals surface area contributed by atoms with E-state index in [0.717, 1.165) is 17.8 Å². The largest absolute Gasteiger partial charge is 0.466 e. The van der Waals surface area contributed by atoms with Gasteiger partial charge in [0.05, 0.1) is 18.7 Å². The number of aryl methyl sites for hydroxylation is 3. The van der Waals surface area contributed by atoms with Crippen molar-refractivity contribution in [1.29, 1.82) is 0 Å². The maximum absolute atomic E-state index is 11.2. The number of carbonyl (C=O) groups is 1. The van der Waals surface area contributed by atoms with Gasteiger partial charge in [-0.15, -0.1) is 0 Å². The number of rotatable bonds is 5. The maximum atomic E-state index is 11.2. The molecule has 0 saturated carbocycles. The molecule has 0 N–H and O–H groups in total. The molecule has 0 unspecified atom stereocenters. The highest BCUT2D eigenvalue weighted by atomic mass is 16.5. The van der Waals surface area contributed by atoms with E-state index in [9.17, 15) is 4.79 Å². The number of nitrogens with zero attached hydrogens (tertiary/aromatic N) is 2. The molecule has 1 aromatic rings. The molecule has 0 radical (unpaired) electrons. The first-order valence-corrected chi connectivity index (χ1v) is 5.34. The fraction of sp³-hybridized carbons (Fsp3) is 0.636. The van der Waals surface area contributed by atoms with Crippen LogP contribution in [0.25, 0.3) is 0 Å². The lowest BCUT2D eigenvalue weighted by atomic mass is 10.2. The van der Waals surface area contributed by atoms with Crippen LogP contribution < -0.4 is 0 Å². The van der Waals surface area contributed by atoms with Gasteiger partial charge >= 0.3 is 5.97 Å². The predicted molar refractivity (Wildman–Crippen MR) is 57.5 cm³/mol. The molecular formula is C11H18N2O2. The van der Waals surface area contributed by atoms with Crippen molar-refractivity contribution in [2.24, 2.45) is 7.05 Å². The second kappa shape index (κ2) is 5.53. The van der Waals surface area contributed by atoms with E-state index < -0.39 is 0 Å². The van der Waals surface area contributed by atoms with E-state index in [2.05, 4.69) is 12.0 Å². The van der Waals surface area contributed by atoms with Crippen LogP contribution in [0.15, 0.2) is 6.07 Å². The van der Waals surface area contributed by atoms with Gasteiger partial charge in [-0.3, -0.25) is 9.48 Å². The Hall–Kier alpha value is -1.32. The standard InChI is InChI=1S/C11H18N2O2/c1-4-9-8-10(13(3)12-9)6-7-11(14)15-5-2/h8H,4-7H2,1-3H3. The van der Waals surface area contributed by atoms with Gasteiger partial charge in [-0.1, -0.05) is 6.92 Å². The van der Waals surface area contributed by atoms with Gasteiger partial charge in [0.1, 0.15) is 0 Å². The van der Waals surface area contributed by atoms with Crippen LogP contribution in [0.4, 0.5) is 0 Å². The van der Waals surface area contributed by atoms with Crippen LogP contribution in [0.2, 0.25) is 0 Å². The second-order valence-electron chi connectivity index (χ2n) is 3.41. The summed E-state index contributed by atoms with van der Waals surface area (Å²) in [4.78, 5) is 11.2. The molecule has 0 amide bonds. The summed E-state index contributed by atoms with van der Waals surface area (Å²) in [5.41, 5.74) is 2.15. The van der Waals surface area contributed by atoms with Gasteiger partial charge in [0.15, 0.2) is 0 Å². The molecule has 0 spiro atoms. The molecule has 15 heavy (non-hydrogen) atoms. The zero-order chi connectivity index (χ0) is 11.3. The highest BCUT2D eigenvalue weighted by Crippen LogP contribution is 2.07. The van der Waals surface area contributed by atoms with E-state index in [0.29, 0.717) is 19.4 Å². The lowest BCUT2D eigenvalue weighted by Gasteiger charge is -2.01. The van der Waals surface area contributed by atoms with E-state index >= 15 is 0 Å². The summed E-state index contributed by atoms with van der Waals surface area (Å²) in [7, 11) is 1.90. The minimum absolute atomic E-state index is 0.142. The molecule has 0 aliphatic heterocycles. The topological polar surface area (TPSA) is 44.1 Å². The van der Waals surface area contributed by atoms with Crippen molar-refractivity contribution < 1.29 is 9.53 Å². The highest BCUT2D eigenvalue weighted by molar-refractivity contribution is 5.69. The smallest absolute Gasteiger partial charge is 0.306 e. The molecule has 0 aliphatic carbocycles. The molecule has 0 aromatic carbocycles. The first-order chi connectivity index (χ1) is 7.17. The number of esters is 1. The third-order valence-corrected chi connectivity index (χ3v) is 2.28. The summed E-state index contributed by atoms with van der Waals surface area (Å²) in [6, 6.07) is 2.04. The Balaban J connectivity index is 2.49. The first-order valence-electron chi connectivity index (χ1n) is 5.34. The predicted octanol–water partition coefficient (Wildman–Crippen LogP) is 1.48. The van der Waals surface area contributed by atoms with Crippen molar-refractivity contribution in [1.82, 2.24) is 9.78 Å². The number of ether oxygens (including phenoxy) is 1. The lowest BCUT2D eigenvalue weighted by Crippen LogP contribution is -2.07. The molecule has 1 heterocycles. The Morgan fingerprint density at radius 3 is 2.80 bits per heavy atom. The summed E-state index contributed by atoms with van der Waals surface area (Å²) in [6.45, 7) is 4.33. The van der Waals surface area contributed by atoms with Gasteiger partial charge in [0.2, 0.25) is 0 Å².